The summed E-state index contributed by atoms with van der Waals surface area (Å²) in [5.74, 6) is 0.382. The summed E-state index contributed by atoms with van der Waals surface area (Å²) >= 11 is 3.68. The zero-order chi connectivity index (χ0) is 13.2. The lowest BCUT2D eigenvalue weighted by Gasteiger charge is -2.34. The molecule has 1 aliphatic carbocycles. The first kappa shape index (κ1) is 14.4. The summed E-state index contributed by atoms with van der Waals surface area (Å²) in [4.78, 5) is 14.4. The quantitative estimate of drug-likeness (QED) is 0.721. The lowest BCUT2D eigenvalue weighted by molar-refractivity contribution is -0.132. The molecule has 1 aliphatic heterocycles. The summed E-state index contributed by atoms with van der Waals surface area (Å²) < 4.78 is 0. The average Bonchev–Trinajstić information content (AvgIpc) is 2.76. The van der Waals surface area contributed by atoms with Crippen LogP contribution in [0.15, 0.2) is 0 Å². The number of rotatable bonds is 3. The number of hydrogen-bond acceptors (Lipinski definition) is 1. The fourth-order valence-corrected chi connectivity index (χ4v) is 4.06. The Labute approximate surface area is 120 Å². The minimum Gasteiger partial charge on any atom is -0.342 e. The van der Waals surface area contributed by atoms with E-state index in [1.807, 2.05) is 0 Å². The van der Waals surface area contributed by atoms with E-state index in [2.05, 4.69) is 34.7 Å². The molecule has 0 aromatic carbocycles. The molecule has 0 spiro atoms. The zero-order valence-corrected chi connectivity index (χ0v) is 13.4. The van der Waals surface area contributed by atoms with Gasteiger partial charge in [0.05, 0.1) is 0 Å². The van der Waals surface area contributed by atoms with Crippen molar-refractivity contribution < 1.29 is 4.79 Å². The van der Waals surface area contributed by atoms with E-state index in [-0.39, 0.29) is 0 Å². The van der Waals surface area contributed by atoms with E-state index < -0.39 is 0 Å². The second kappa shape index (κ2) is 5.52. The van der Waals surface area contributed by atoms with Crippen LogP contribution < -0.4 is 0 Å². The maximum absolute atomic E-state index is 12.3. The summed E-state index contributed by atoms with van der Waals surface area (Å²) in [6.07, 6.45) is 8.17. The van der Waals surface area contributed by atoms with Crippen LogP contribution in [0.1, 0.15) is 58.8 Å². The molecule has 0 unspecified atom stereocenters. The monoisotopic (exact) mass is 315 g/mol. The van der Waals surface area contributed by atoms with Crippen molar-refractivity contribution in [1.82, 2.24) is 4.90 Å². The molecule has 0 radical (unpaired) electrons. The van der Waals surface area contributed by atoms with E-state index in [0.717, 1.165) is 37.7 Å². The van der Waals surface area contributed by atoms with Crippen molar-refractivity contribution in [2.24, 2.45) is 10.8 Å². The third-order valence-corrected chi connectivity index (χ3v) is 6.09. The Bertz CT molecular complexity index is 308. The maximum atomic E-state index is 12.3. The molecule has 104 valence electrons. The molecule has 2 aliphatic rings. The van der Waals surface area contributed by atoms with Gasteiger partial charge in [-0.25, -0.2) is 0 Å². The highest BCUT2D eigenvalue weighted by atomic mass is 79.9. The van der Waals surface area contributed by atoms with Gasteiger partial charge in [0.1, 0.15) is 0 Å². The van der Waals surface area contributed by atoms with Crippen LogP contribution in [0.4, 0.5) is 0 Å². The molecule has 0 bridgehead atoms. The topological polar surface area (TPSA) is 20.3 Å². The van der Waals surface area contributed by atoms with E-state index in [4.69, 9.17) is 0 Å². The summed E-state index contributed by atoms with van der Waals surface area (Å²) in [5.41, 5.74) is 0.700. The van der Waals surface area contributed by atoms with Crippen LogP contribution in [0.25, 0.3) is 0 Å². The Balaban J connectivity index is 2.01. The standard InChI is InChI=1S/C15H26BrNO/c1-14(2)8-5-13(18)17(10-9-14)12-15(11-16)6-3-4-7-15/h3-12H2,1-2H3. The van der Waals surface area contributed by atoms with Crippen molar-refractivity contribution in [3.8, 4) is 0 Å². The van der Waals surface area contributed by atoms with E-state index in [9.17, 15) is 4.79 Å². The molecule has 0 N–H and O–H groups in total. The minimum atomic E-state index is 0.335. The van der Waals surface area contributed by atoms with E-state index in [1.165, 1.54) is 25.7 Å². The van der Waals surface area contributed by atoms with E-state index >= 15 is 0 Å². The molecule has 0 atom stereocenters. The van der Waals surface area contributed by atoms with Gasteiger partial charge in [-0.3, -0.25) is 4.79 Å². The van der Waals surface area contributed by atoms with Crippen molar-refractivity contribution >= 4 is 21.8 Å². The van der Waals surface area contributed by atoms with Crippen molar-refractivity contribution in [2.45, 2.75) is 58.8 Å². The normalized spacial score (nSPS) is 27.3. The van der Waals surface area contributed by atoms with Gasteiger partial charge < -0.3 is 4.90 Å². The summed E-state index contributed by atoms with van der Waals surface area (Å²) in [7, 11) is 0. The number of carbonyl (C=O) groups excluding carboxylic acids is 1. The summed E-state index contributed by atoms with van der Waals surface area (Å²) in [6.45, 7) is 6.52. The number of hydrogen-bond donors (Lipinski definition) is 0. The Kier molecular flexibility index (Phi) is 4.40. The Hall–Kier alpha value is -0.0500. The summed E-state index contributed by atoms with van der Waals surface area (Å²) in [5, 5.41) is 1.05. The summed E-state index contributed by atoms with van der Waals surface area (Å²) in [6, 6.07) is 0. The fourth-order valence-electron chi connectivity index (χ4n) is 3.32. The molecule has 0 aromatic rings. The van der Waals surface area contributed by atoms with Crippen LogP contribution in [0.5, 0.6) is 0 Å². The van der Waals surface area contributed by atoms with Crippen LogP contribution in [-0.4, -0.2) is 29.2 Å². The van der Waals surface area contributed by atoms with Crippen LogP contribution in [0.2, 0.25) is 0 Å². The number of carbonyl (C=O) groups is 1. The molecule has 1 saturated carbocycles. The van der Waals surface area contributed by atoms with E-state index in [0.29, 0.717) is 16.7 Å². The minimum absolute atomic E-state index is 0.335. The number of nitrogens with zero attached hydrogens (tertiary/aromatic N) is 1. The predicted molar refractivity (Wildman–Crippen MR) is 78.9 cm³/mol. The Morgan fingerprint density at radius 1 is 1.17 bits per heavy atom. The molecule has 3 heteroatoms. The average molecular weight is 316 g/mol. The molecular formula is C15H26BrNO. The molecule has 0 aromatic heterocycles. The largest absolute Gasteiger partial charge is 0.342 e. The second-order valence-electron chi connectivity index (χ2n) is 7.07. The van der Waals surface area contributed by atoms with Gasteiger partial charge in [0.2, 0.25) is 5.91 Å². The lowest BCUT2D eigenvalue weighted by atomic mass is 9.85. The third-order valence-electron chi connectivity index (χ3n) is 4.90. The highest BCUT2D eigenvalue weighted by Crippen LogP contribution is 2.41. The molecule has 1 amide bonds. The van der Waals surface area contributed by atoms with Crippen LogP contribution in [0, 0.1) is 10.8 Å². The number of likely N-dealkylation sites (tertiary alicyclic amines) is 1. The first-order chi connectivity index (χ1) is 8.46. The number of alkyl halides is 1. The van der Waals surface area contributed by atoms with Gasteiger partial charge >= 0.3 is 0 Å². The van der Waals surface area contributed by atoms with Crippen molar-refractivity contribution in [2.75, 3.05) is 18.4 Å². The molecular weight excluding hydrogens is 290 g/mol. The molecule has 18 heavy (non-hydrogen) atoms. The zero-order valence-electron chi connectivity index (χ0n) is 11.8. The number of amides is 1. The fraction of sp³-hybridized carbons (Fsp3) is 0.933. The van der Waals surface area contributed by atoms with Crippen molar-refractivity contribution in [3.63, 3.8) is 0 Å². The van der Waals surface area contributed by atoms with Gasteiger partial charge in [-0.1, -0.05) is 42.6 Å². The molecule has 2 fully saturated rings. The maximum Gasteiger partial charge on any atom is 0.222 e. The smallest absolute Gasteiger partial charge is 0.222 e. The number of halogens is 1. The predicted octanol–water partition coefficient (Wildman–Crippen LogP) is 3.98. The second-order valence-corrected chi connectivity index (χ2v) is 7.63. The van der Waals surface area contributed by atoms with Crippen molar-refractivity contribution in [3.05, 3.63) is 0 Å². The molecule has 2 rings (SSSR count). The highest BCUT2D eigenvalue weighted by Gasteiger charge is 2.37. The van der Waals surface area contributed by atoms with Gasteiger partial charge in [-0.15, -0.1) is 0 Å². The first-order valence-corrected chi connectivity index (χ1v) is 8.42. The lowest BCUT2D eigenvalue weighted by Crippen LogP contribution is -2.41. The van der Waals surface area contributed by atoms with Gasteiger partial charge in [0.25, 0.3) is 0 Å². The van der Waals surface area contributed by atoms with Gasteiger partial charge in [-0.2, -0.15) is 0 Å². The van der Waals surface area contributed by atoms with Gasteiger partial charge in [0, 0.05) is 24.8 Å². The van der Waals surface area contributed by atoms with Gasteiger partial charge in [0.15, 0.2) is 0 Å². The highest BCUT2D eigenvalue weighted by molar-refractivity contribution is 9.09. The Morgan fingerprint density at radius 3 is 2.44 bits per heavy atom. The first-order valence-electron chi connectivity index (χ1n) is 7.30. The molecule has 1 heterocycles. The van der Waals surface area contributed by atoms with E-state index in [1.54, 1.807) is 0 Å². The Morgan fingerprint density at radius 2 is 1.83 bits per heavy atom. The van der Waals surface area contributed by atoms with Crippen LogP contribution >= 0.6 is 15.9 Å². The molecule has 1 saturated heterocycles. The molecule has 2 nitrogen and oxygen atoms in total. The van der Waals surface area contributed by atoms with Gasteiger partial charge in [-0.05, 0) is 36.5 Å². The van der Waals surface area contributed by atoms with Crippen LogP contribution in [-0.2, 0) is 4.79 Å². The van der Waals surface area contributed by atoms with Crippen molar-refractivity contribution in [1.29, 1.82) is 0 Å². The SMILES string of the molecule is CC1(C)CCC(=O)N(CC2(CBr)CCCC2)CC1. The third kappa shape index (κ3) is 3.28. The van der Waals surface area contributed by atoms with Crippen LogP contribution in [0.3, 0.4) is 0 Å².